The second-order valence-electron chi connectivity index (χ2n) is 7.05. The normalized spacial score (nSPS) is 11.4. The lowest BCUT2D eigenvalue weighted by molar-refractivity contribution is -0.143. The first kappa shape index (κ1) is 23.1. The smallest absolute Gasteiger partial charge is 0.309 e. The third-order valence-corrected chi connectivity index (χ3v) is 4.51. The first-order valence-electron chi connectivity index (χ1n) is 10.7. The van der Waals surface area contributed by atoms with Crippen molar-refractivity contribution in [2.45, 2.75) is 90.6 Å². The topological polar surface area (TPSA) is 39.2 Å². The summed E-state index contributed by atoms with van der Waals surface area (Å²) in [7, 11) is 0. The first-order valence-corrected chi connectivity index (χ1v) is 10.7. The number of esters is 1. The molecule has 0 aliphatic carbocycles. The minimum Gasteiger partial charge on any atom is -0.461 e. The van der Waals surface area contributed by atoms with Crippen LogP contribution in [0.2, 0.25) is 0 Å². The van der Waals surface area contributed by atoms with Gasteiger partial charge < -0.3 is 4.74 Å². The van der Waals surface area contributed by atoms with E-state index in [1.807, 2.05) is 30.4 Å². The quantitative estimate of drug-likeness (QED) is 0.179. The Morgan fingerprint density at radius 1 is 0.963 bits per heavy atom. The van der Waals surface area contributed by atoms with E-state index in [1.165, 1.54) is 64.2 Å². The molecule has 1 aromatic heterocycles. The fourth-order valence-corrected chi connectivity index (χ4v) is 2.87. The Labute approximate surface area is 165 Å². The zero-order chi connectivity index (χ0) is 19.4. The third-order valence-electron chi connectivity index (χ3n) is 4.51. The van der Waals surface area contributed by atoms with Crippen LogP contribution >= 0.6 is 0 Å². The number of carbonyl (C=O) groups is 1. The zero-order valence-corrected chi connectivity index (χ0v) is 17.1. The van der Waals surface area contributed by atoms with Crippen molar-refractivity contribution in [2.75, 3.05) is 0 Å². The molecule has 0 amide bonds. The van der Waals surface area contributed by atoms with Crippen molar-refractivity contribution in [1.82, 2.24) is 4.98 Å². The van der Waals surface area contributed by atoms with E-state index in [2.05, 4.69) is 18.0 Å². The van der Waals surface area contributed by atoms with Crippen molar-refractivity contribution in [3.63, 3.8) is 0 Å². The molecule has 0 spiro atoms. The molecule has 1 aromatic rings. The number of rotatable bonds is 16. The number of allylic oxidation sites excluding steroid dienone is 3. The van der Waals surface area contributed by atoms with Crippen LogP contribution in [0.25, 0.3) is 0 Å². The Balaban J connectivity index is 1.89. The number of carbonyl (C=O) groups excluding carboxylic acids is 1. The van der Waals surface area contributed by atoms with E-state index in [9.17, 15) is 4.79 Å². The molecular formula is C24H37NO2. The van der Waals surface area contributed by atoms with Crippen LogP contribution in [0.4, 0.5) is 0 Å². The molecule has 0 atom stereocenters. The molecule has 0 N–H and O–H groups in total. The average molecular weight is 372 g/mol. The Morgan fingerprint density at radius 2 is 1.63 bits per heavy atom. The highest BCUT2D eigenvalue weighted by atomic mass is 16.5. The molecule has 150 valence electrons. The zero-order valence-electron chi connectivity index (χ0n) is 17.1. The molecule has 0 radical (unpaired) electrons. The molecule has 0 unspecified atom stereocenters. The van der Waals surface area contributed by atoms with E-state index in [1.54, 1.807) is 12.4 Å². The predicted molar refractivity (Wildman–Crippen MR) is 113 cm³/mol. The summed E-state index contributed by atoms with van der Waals surface area (Å²) in [5.41, 5.74) is 0.909. The van der Waals surface area contributed by atoms with Crippen LogP contribution < -0.4 is 0 Å². The Kier molecular flexibility index (Phi) is 15.0. The van der Waals surface area contributed by atoms with Crippen molar-refractivity contribution in [1.29, 1.82) is 0 Å². The molecule has 1 heterocycles. The van der Waals surface area contributed by atoms with Gasteiger partial charge in [0.05, 0.1) is 6.42 Å². The molecule has 27 heavy (non-hydrogen) atoms. The minimum atomic E-state index is -0.210. The van der Waals surface area contributed by atoms with Gasteiger partial charge in [0.15, 0.2) is 0 Å². The van der Waals surface area contributed by atoms with E-state index < -0.39 is 0 Å². The van der Waals surface area contributed by atoms with Crippen molar-refractivity contribution in [3.8, 4) is 0 Å². The molecule has 1 rings (SSSR count). The van der Waals surface area contributed by atoms with E-state index >= 15 is 0 Å². The maximum Gasteiger partial charge on any atom is 0.309 e. The van der Waals surface area contributed by atoms with Gasteiger partial charge in [0.2, 0.25) is 0 Å². The van der Waals surface area contributed by atoms with Crippen molar-refractivity contribution < 1.29 is 9.53 Å². The third kappa shape index (κ3) is 14.9. The van der Waals surface area contributed by atoms with Gasteiger partial charge in [-0.25, -0.2) is 0 Å². The maximum absolute atomic E-state index is 11.6. The molecular weight excluding hydrogens is 334 g/mol. The number of hydrogen-bond acceptors (Lipinski definition) is 3. The van der Waals surface area contributed by atoms with Crippen LogP contribution in [-0.4, -0.2) is 11.0 Å². The van der Waals surface area contributed by atoms with Gasteiger partial charge in [0.1, 0.15) is 6.61 Å². The maximum atomic E-state index is 11.6. The summed E-state index contributed by atoms with van der Waals surface area (Å²) < 4.78 is 5.19. The number of ether oxygens (including phenoxy) is 1. The van der Waals surface area contributed by atoms with Gasteiger partial charge in [-0.15, -0.1) is 0 Å². The number of nitrogens with zero attached hydrogens (tertiary/aromatic N) is 1. The summed E-state index contributed by atoms with van der Waals surface area (Å²) in [5.74, 6) is -0.210. The van der Waals surface area contributed by atoms with Crippen LogP contribution in [-0.2, 0) is 16.1 Å². The monoisotopic (exact) mass is 371 g/mol. The lowest BCUT2D eigenvalue weighted by atomic mass is 10.1. The highest BCUT2D eigenvalue weighted by Gasteiger charge is 2.00. The Hall–Kier alpha value is -1.90. The van der Waals surface area contributed by atoms with Crippen molar-refractivity contribution >= 4 is 5.97 Å². The summed E-state index contributed by atoms with van der Waals surface area (Å²) in [6.45, 7) is 2.55. The van der Waals surface area contributed by atoms with E-state index in [-0.39, 0.29) is 12.6 Å². The van der Waals surface area contributed by atoms with Crippen LogP contribution in [0, 0.1) is 0 Å². The van der Waals surface area contributed by atoms with E-state index in [0.29, 0.717) is 6.42 Å². The summed E-state index contributed by atoms with van der Waals surface area (Å²) in [6, 6.07) is 3.73. The fourth-order valence-electron chi connectivity index (χ4n) is 2.87. The fraction of sp³-hybridized carbons (Fsp3) is 0.583. The molecule has 0 saturated heterocycles. The van der Waals surface area contributed by atoms with Crippen LogP contribution in [0.1, 0.15) is 89.5 Å². The molecule has 0 saturated carbocycles. The van der Waals surface area contributed by atoms with Crippen LogP contribution in [0.3, 0.4) is 0 Å². The van der Waals surface area contributed by atoms with Gasteiger partial charge in [-0.1, -0.05) is 95.1 Å². The van der Waals surface area contributed by atoms with Crippen LogP contribution in [0.15, 0.2) is 48.8 Å². The Bertz CT molecular complexity index is 522. The highest BCUT2D eigenvalue weighted by molar-refractivity contribution is 5.71. The van der Waals surface area contributed by atoms with Gasteiger partial charge in [-0.05, 0) is 18.9 Å². The molecule has 0 aliphatic heterocycles. The molecule has 0 aromatic carbocycles. The largest absolute Gasteiger partial charge is 0.461 e. The van der Waals surface area contributed by atoms with Crippen molar-refractivity contribution in [3.05, 3.63) is 54.4 Å². The van der Waals surface area contributed by atoms with Gasteiger partial charge in [-0.2, -0.15) is 0 Å². The lowest BCUT2D eigenvalue weighted by Crippen LogP contribution is -2.02. The summed E-state index contributed by atoms with van der Waals surface area (Å²) in [4.78, 5) is 15.6. The van der Waals surface area contributed by atoms with E-state index in [0.717, 1.165) is 12.0 Å². The second-order valence-corrected chi connectivity index (χ2v) is 7.05. The molecule has 0 aliphatic rings. The van der Waals surface area contributed by atoms with Crippen molar-refractivity contribution in [2.24, 2.45) is 0 Å². The summed E-state index contributed by atoms with van der Waals surface area (Å²) >= 11 is 0. The van der Waals surface area contributed by atoms with Gasteiger partial charge in [0, 0.05) is 18.0 Å². The number of unbranched alkanes of at least 4 members (excludes halogenated alkanes) is 10. The number of aromatic nitrogens is 1. The lowest BCUT2D eigenvalue weighted by Gasteiger charge is -2.02. The standard InChI is InChI=1S/C24H37NO2/c1-2-3-4-5-6-7-8-9-10-11-12-13-14-15-16-19-24(26)27-22-23-18-17-20-25-21-23/h13-18,20-21H,2-12,19,22H2,1H3/b14-13-,16-15-. The van der Waals surface area contributed by atoms with Gasteiger partial charge >= 0.3 is 5.97 Å². The molecule has 0 bridgehead atoms. The van der Waals surface area contributed by atoms with Gasteiger partial charge in [-0.3, -0.25) is 9.78 Å². The SMILES string of the molecule is CCCCCCCCCCCC/C=C\C=C/CC(=O)OCc1cccnc1. The molecule has 0 fully saturated rings. The predicted octanol–water partition coefficient (Wildman–Crippen LogP) is 6.94. The summed E-state index contributed by atoms with van der Waals surface area (Å²) in [5, 5.41) is 0. The Morgan fingerprint density at radius 3 is 2.30 bits per heavy atom. The number of pyridine rings is 1. The average Bonchev–Trinajstić information content (AvgIpc) is 2.70. The van der Waals surface area contributed by atoms with Crippen LogP contribution in [0.5, 0.6) is 0 Å². The van der Waals surface area contributed by atoms with Gasteiger partial charge in [0.25, 0.3) is 0 Å². The molecule has 3 heteroatoms. The molecule has 3 nitrogen and oxygen atoms in total. The number of hydrogen-bond donors (Lipinski definition) is 0. The first-order chi connectivity index (χ1) is 13.3. The second kappa shape index (κ2) is 17.5. The highest BCUT2D eigenvalue weighted by Crippen LogP contribution is 2.11. The van der Waals surface area contributed by atoms with E-state index in [4.69, 9.17) is 4.74 Å². The minimum absolute atomic E-state index is 0.210. The summed E-state index contributed by atoms with van der Waals surface area (Å²) in [6.07, 6.45) is 26.5.